The highest BCUT2D eigenvalue weighted by molar-refractivity contribution is 5.47. The monoisotopic (exact) mass is 334 g/mol. The van der Waals surface area contributed by atoms with E-state index in [2.05, 4.69) is 20.1 Å². The molecule has 3 aromatic heterocycles. The van der Waals surface area contributed by atoms with Crippen LogP contribution in [0.25, 0.3) is 17.2 Å². The Bertz CT molecular complexity index is 1050. The summed E-state index contributed by atoms with van der Waals surface area (Å²) in [7, 11) is 0. The second-order valence-electron chi connectivity index (χ2n) is 5.53. The summed E-state index contributed by atoms with van der Waals surface area (Å²) in [6, 6.07) is 5.99. The highest BCUT2D eigenvalue weighted by Crippen LogP contribution is 2.18. The first kappa shape index (κ1) is 15.0. The van der Waals surface area contributed by atoms with E-state index in [4.69, 9.17) is 4.52 Å². The zero-order chi connectivity index (χ0) is 17.2. The standard InChI is InChI=1S/C17H14N6O2/c1-12-8-14(22-7-6-19-11-22)3-2-13(12)10-23-16(21-25-17(23)24)15-9-18-4-5-20-15/h2-9,11H,10H2,1H3. The number of hydrogen-bond donors (Lipinski definition) is 0. The summed E-state index contributed by atoms with van der Waals surface area (Å²) in [6.07, 6.45) is 10.0. The fourth-order valence-corrected chi connectivity index (χ4v) is 2.61. The van der Waals surface area contributed by atoms with Gasteiger partial charge >= 0.3 is 5.76 Å². The molecule has 0 aliphatic rings. The summed E-state index contributed by atoms with van der Waals surface area (Å²) in [5, 5.41) is 3.83. The molecule has 25 heavy (non-hydrogen) atoms. The Morgan fingerprint density at radius 2 is 2.08 bits per heavy atom. The number of aryl methyl sites for hydroxylation is 1. The molecule has 0 saturated carbocycles. The van der Waals surface area contributed by atoms with Gasteiger partial charge in [0.25, 0.3) is 0 Å². The van der Waals surface area contributed by atoms with Crippen molar-refractivity contribution < 1.29 is 4.52 Å². The zero-order valence-electron chi connectivity index (χ0n) is 13.4. The maximum Gasteiger partial charge on any atom is 0.442 e. The Balaban J connectivity index is 1.70. The first-order valence-corrected chi connectivity index (χ1v) is 7.63. The van der Waals surface area contributed by atoms with Gasteiger partial charge in [0, 0.05) is 30.5 Å². The van der Waals surface area contributed by atoms with E-state index in [0.29, 0.717) is 18.1 Å². The van der Waals surface area contributed by atoms with E-state index in [1.54, 1.807) is 31.1 Å². The molecule has 3 heterocycles. The Morgan fingerprint density at radius 1 is 1.16 bits per heavy atom. The molecule has 4 aromatic rings. The maximum absolute atomic E-state index is 12.1. The molecule has 8 nitrogen and oxygen atoms in total. The van der Waals surface area contributed by atoms with Crippen LogP contribution in [0.4, 0.5) is 0 Å². The van der Waals surface area contributed by atoms with Gasteiger partial charge in [0.15, 0.2) is 0 Å². The van der Waals surface area contributed by atoms with Crippen LogP contribution in [0.5, 0.6) is 0 Å². The maximum atomic E-state index is 12.1. The lowest BCUT2D eigenvalue weighted by Gasteiger charge is -2.10. The predicted molar refractivity (Wildman–Crippen MR) is 89.2 cm³/mol. The van der Waals surface area contributed by atoms with Gasteiger partial charge in [-0.3, -0.25) is 14.1 Å². The van der Waals surface area contributed by atoms with Crippen molar-refractivity contribution in [3.05, 3.63) is 77.2 Å². The number of hydrogen-bond acceptors (Lipinski definition) is 6. The van der Waals surface area contributed by atoms with Crippen molar-refractivity contribution in [2.24, 2.45) is 0 Å². The molecule has 4 rings (SSSR count). The third kappa shape index (κ3) is 2.85. The van der Waals surface area contributed by atoms with Gasteiger partial charge in [-0.15, -0.1) is 0 Å². The molecule has 0 radical (unpaired) electrons. The summed E-state index contributed by atoms with van der Waals surface area (Å²) >= 11 is 0. The SMILES string of the molecule is Cc1cc(-n2ccnc2)ccc1Cn1c(-c2cnccn2)noc1=O. The van der Waals surface area contributed by atoms with Gasteiger partial charge in [-0.2, -0.15) is 0 Å². The van der Waals surface area contributed by atoms with Crippen LogP contribution in [0.1, 0.15) is 11.1 Å². The number of imidazole rings is 1. The Morgan fingerprint density at radius 3 is 2.80 bits per heavy atom. The molecule has 8 heteroatoms. The lowest BCUT2D eigenvalue weighted by molar-refractivity contribution is 0.378. The molecule has 0 amide bonds. The molecule has 0 unspecified atom stereocenters. The number of benzene rings is 1. The van der Waals surface area contributed by atoms with Crippen molar-refractivity contribution in [2.45, 2.75) is 13.5 Å². The van der Waals surface area contributed by atoms with Crippen LogP contribution in [-0.2, 0) is 6.54 Å². The minimum absolute atomic E-state index is 0.338. The first-order chi connectivity index (χ1) is 12.2. The van der Waals surface area contributed by atoms with Crippen LogP contribution in [0.15, 0.2) is 64.8 Å². The quantitative estimate of drug-likeness (QED) is 0.565. The molecule has 0 aliphatic heterocycles. The second-order valence-corrected chi connectivity index (χ2v) is 5.53. The van der Waals surface area contributed by atoms with Crippen LogP contribution in [-0.4, -0.2) is 29.2 Å². The van der Waals surface area contributed by atoms with Gasteiger partial charge in [-0.25, -0.2) is 14.8 Å². The Kier molecular flexibility index (Phi) is 3.70. The zero-order valence-corrected chi connectivity index (χ0v) is 13.4. The fourth-order valence-electron chi connectivity index (χ4n) is 2.61. The van der Waals surface area contributed by atoms with Crippen molar-refractivity contribution in [3.63, 3.8) is 0 Å². The fraction of sp³-hybridized carbons (Fsp3) is 0.118. The minimum atomic E-state index is -0.529. The van der Waals surface area contributed by atoms with Gasteiger partial charge < -0.3 is 4.57 Å². The van der Waals surface area contributed by atoms with Crippen LogP contribution in [0, 0.1) is 6.92 Å². The Labute approximate surface area is 142 Å². The Hall–Kier alpha value is -3.55. The normalized spacial score (nSPS) is 10.9. The molecular formula is C17H14N6O2. The molecule has 0 bridgehead atoms. The van der Waals surface area contributed by atoms with Crippen molar-refractivity contribution >= 4 is 0 Å². The largest absolute Gasteiger partial charge is 0.442 e. The third-order valence-electron chi connectivity index (χ3n) is 3.94. The molecule has 1 aromatic carbocycles. The van der Waals surface area contributed by atoms with Gasteiger partial charge in [0.2, 0.25) is 5.82 Å². The van der Waals surface area contributed by atoms with Crippen molar-refractivity contribution in [3.8, 4) is 17.2 Å². The number of nitrogens with zero attached hydrogens (tertiary/aromatic N) is 6. The molecule has 0 fully saturated rings. The van der Waals surface area contributed by atoms with Crippen molar-refractivity contribution in [1.82, 2.24) is 29.2 Å². The topological polar surface area (TPSA) is 91.6 Å². The van der Waals surface area contributed by atoms with Crippen LogP contribution in [0.3, 0.4) is 0 Å². The highest BCUT2D eigenvalue weighted by Gasteiger charge is 2.15. The van der Waals surface area contributed by atoms with Crippen LogP contribution < -0.4 is 5.76 Å². The van der Waals surface area contributed by atoms with Crippen molar-refractivity contribution in [2.75, 3.05) is 0 Å². The molecule has 0 spiro atoms. The average molecular weight is 334 g/mol. The summed E-state index contributed by atoms with van der Waals surface area (Å²) in [5.74, 6) is -0.171. The smallest absolute Gasteiger partial charge is 0.306 e. The van der Waals surface area contributed by atoms with Gasteiger partial charge in [-0.05, 0) is 30.2 Å². The highest BCUT2D eigenvalue weighted by atomic mass is 16.5. The summed E-state index contributed by atoms with van der Waals surface area (Å²) in [5.41, 5.74) is 3.52. The van der Waals surface area contributed by atoms with Crippen LogP contribution >= 0.6 is 0 Å². The minimum Gasteiger partial charge on any atom is -0.306 e. The predicted octanol–water partition coefficient (Wildman–Crippen LogP) is 1.84. The summed E-state index contributed by atoms with van der Waals surface area (Å²) in [4.78, 5) is 24.3. The van der Waals surface area contributed by atoms with E-state index in [1.165, 1.54) is 4.57 Å². The lowest BCUT2D eigenvalue weighted by Crippen LogP contribution is -2.17. The first-order valence-electron chi connectivity index (χ1n) is 7.63. The van der Waals surface area contributed by atoms with E-state index in [9.17, 15) is 4.79 Å². The van der Waals surface area contributed by atoms with E-state index >= 15 is 0 Å². The molecule has 0 N–H and O–H groups in total. The number of rotatable bonds is 4. The van der Waals surface area contributed by atoms with Gasteiger partial charge in [0.1, 0.15) is 5.69 Å². The van der Waals surface area contributed by atoms with Gasteiger partial charge in [-0.1, -0.05) is 11.2 Å². The molecule has 0 aliphatic carbocycles. The average Bonchev–Trinajstić information content (AvgIpc) is 3.28. The second kappa shape index (κ2) is 6.16. The molecular weight excluding hydrogens is 320 g/mol. The van der Waals surface area contributed by atoms with Crippen molar-refractivity contribution in [1.29, 1.82) is 0 Å². The molecule has 0 saturated heterocycles. The van der Waals surface area contributed by atoms with E-state index in [1.807, 2.05) is 35.9 Å². The van der Waals surface area contributed by atoms with E-state index in [-0.39, 0.29) is 0 Å². The van der Waals surface area contributed by atoms with Gasteiger partial charge in [0.05, 0.1) is 19.1 Å². The van der Waals surface area contributed by atoms with E-state index < -0.39 is 5.76 Å². The van der Waals surface area contributed by atoms with Crippen LogP contribution in [0.2, 0.25) is 0 Å². The number of aromatic nitrogens is 6. The third-order valence-corrected chi connectivity index (χ3v) is 3.94. The summed E-state index contributed by atoms with van der Waals surface area (Å²) in [6.45, 7) is 2.33. The molecule has 0 atom stereocenters. The molecule has 124 valence electrons. The lowest BCUT2D eigenvalue weighted by atomic mass is 10.1. The van der Waals surface area contributed by atoms with E-state index in [0.717, 1.165) is 16.8 Å². The summed E-state index contributed by atoms with van der Waals surface area (Å²) < 4.78 is 8.19.